The highest BCUT2D eigenvalue weighted by atomic mass is 127. The third-order valence-corrected chi connectivity index (χ3v) is 4.29. The molecule has 0 saturated heterocycles. The molecular weight excluding hydrogens is 481 g/mol. The van der Waals surface area contributed by atoms with Crippen LogP contribution < -0.4 is 25.3 Å². The summed E-state index contributed by atoms with van der Waals surface area (Å²) in [4.78, 5) is 4.43. The minimum absolute atomic E-state index is 0. The first-order chi connectivity index (χ1) is 13.6. The Morgan fingerprint density at radius 2 is 1.79 bits per heavy atom. The fraction of sp³-hybridized carbons (Fsp3) is 0.318. The zero-order chi connectivity index (χ0) is 20.4. The molecule has 29 heavy (non-hydrogen) atoms. The second kappa shape index (κ2) is 12.9. The van der Waals surface area contributed by atoms with Gasteiger partial charge in [-0.05, 0) is 48.2 Å². The van der Waals surface area contributed by atoms with Crippen molar-refractivity contribution in [3.8, 4) is 17.2 Å². The van der Waals surface area contributed by atoms with Crippen LogP contribution in [0.1, 0.15) is 16.7 Å². The fourth-order valence-corrected chi connectivity index (χ4v) is 2.86. The molecule has 2 rings (SSSR count). The zero-order valence-electron chi connectivity index (χ0n) is 17.2. The number of allylic oxidation sites excluding steroid dienone is 1. The average molecular weight is 511 g/mol. The number of ether oxygens (including phenoxy) is 3. The van der Waals surface area contributed by atoms with Crippen molar-refractivity contribution in [2.24, 2.45) is 10.7 Å². The molecule has 0 fully saturated rings. The first kappa shape index (κ1) is 24.6. The molecule has 0 aliphatic carbocycles. The molecule has 0 radical (unpaired) electrons. The van der Waals surface area contributed by atoms with E-state index in [0.29, 0.717) is 31.2 Å². The van der Waals surface area contributed by atoms with E-state index in [4.69, 9.17) is 19.9 Å². The molecule has 2 aromatic rings. The molecule has 0 amide bonds. The normalized spacial score (nSPS) is 10.7. The van der Waals surface area contributed by atoms with Crippen molar-refractivity contribution in [2.75, 3.05) is 27.9 Å². The van der Waals surface area contributed by atoms with Crippen LogP contribution in [0.4, 0.5) is 0 Å². The number of aliphatic imine (C=N–C) groups is 1. The third kappa shape index (κ3) is 7.49. The van der Waals surface area contributed by atoms with Crippen molar-refractivity contribution in [2.45, 2.75) is 19.4 Å². The Balaban J connectivity index is 0.00000420. The van der Waals surface area contributed by atoms with Crippen molar-refractivity contribution in [3.63, 3.8) is 0 Å². The number of rotatable bonds is 10. The number of halogens is 1. The van der Waals surface area contributed by atoms with Crippen molar-refractivity contribution in [1.29, 1.82) is 0 Å². The smallest absolute Gasteiger partial charge is 0.188 e. The van der Waals surface area contributed by atoms with Gasteiger partial charge >= 0.3 is 0 Å². The maximum absolute atomic E-state index is 6.00. The predicted molar refractivity (Wildman–Crippen MR) is 129 cm³/mol. The van der Waals surface area contributed by atoms with E-state index in [9.17, 15) is 0 Å². The lowest BCUT2D eigenvalue weighted by molar-refractivity contribution is 0.352. The van der Waals surface area contributed by atoms with Crippen LogP contribution in [0.5, 0.6) is 17.2 Å². The molecule has 0 saturated carbocycles. The molecule has 0 aliphatic rings. The largest absolute Gasteiger partial charge is 0.497 e. The number of hydrogen-bond acceptors (Lipinski definition) is 4. The molecule has 0 bridgehead atoms. The summed E-state index contributed by atoms with van der Waals surface area (Å²) in [6, 6.07) is 11.9. The van der Waals surface area contributed by atoms with E-state index in [-0.39, 0.29) is 24.0 Å². The first-order valence-electron chi connectivity index (χ1n) is 9.12. The summed E-state index contributed by atoms with van der Waals surface area (Å²) in [5.41, 5.74) is 9.21. The number of benzene rings is 2. The van der Waals surface area contributed by atoms with Gasteiger partial charge in [0.2, 0.25) is 0 Å². The molecule has 0 unspecified atom stereocenters. The summed E-state index contributed by atoms with van der Waals surface area (Å²) in [7, 11) is 4.91. The number of nitrogens with two attached hydrogens (primary N) is 1. The Kier molecular flexibility index (Phi) is 11.0. The molecule has 7 heteroatoms. The van der Waals surface area contributed by atoms with E-state index in [0.717, 1.165) is 29.0 Å². The quantitative estimate of drug-likeness (QED) is 0.220. The van der Waals surface area contributed by atoms with Crippen LogP contribution in [0.3, 0.4) is 0 Å². The number of nitrogens with zero attached hydrogens (tertiary/aromatic N) is 1. The van der Waals surface area contributed by atoms with Crippen molar-refractivity contribution in [1.82, 2.24) is 5.32 Å². The number of hydrogen-bond donors (Lipinski definition) is 2. The molecule has 6 nitrogen and oxygen atoms in total. The molecule has 0 spiro atoms. The van der Waals surface area contributed by atoms with Gasteiger partial charge in [-0.3, -0.25) is 0 Å². The molecule has 158 valence electrons. The van der Waals surface area contributed by atoms with E-state index < -0.39 is 0 Å². The van der Waals surface area contributed by atoms with E-state index in [1.165, 1.54) is 5.56 Å². The second-order valence-corrected chi connectivity index (χ2v) is 6.21. The number of methoxy groups -OCH3 is 3. The van der Waals surface area contributed by atoms with Crippen molar-refractivity contribution >= 4 is 29.9 Å². The Hall–Kier alpha value is -2.42. The van der Waals surface area contributed by atoms with Gasteiger partial charge in [0, 0.05) is 12.1 Å². The summed E-state index contributed by atoms with van der Waals surface area (Å²) >= 11 is 0. The lowest BCUT2D eigenvalue weighted by Gasteiger charge is -2.14. The standard InChI is InChI=1S/C22H29N3O3.HI/c1-5-6-18-13-17(14-20(27-3)21(18)28-4)15-25-22(23)24-12-11-16-7-9-19(26-2)10-8-16;/h5,7-10,13-14H,1,6,11-12,15H2,2-4H3,(H3,23,24,25);1H. The molecule has 0 heterocycles. The molecular formula is C22H30IN3O3. The van der Waals surface area contributed by atoms with Crippen molar-refractivity contribution < 1.29 is 14.2 Å². The van der Waals surface area contributed by atoms with Gasteiger partial charge in [-0.25, -0.2) is 4.99 Å². The lowest BCUT2D eigenvalue weighted by atomic mass is 10.1. The van der Waals surface area contributed by atoms with Gasteiger partial charge in [-0.1, -0.05) is 18.2 Å². The Bertz CT molecular complexity index is 808. The first-order valence-corrected chi connectivity index (χ1v) is 9.12. The molecule has 3 N–H and O–H groups in total. The number of guanidine groups is 1. The molecule has 0 atom stereocenters. The Morgan fingerprint density at radius 3 is 2.38 bits per heavy atom. The van der Waals surface area contributed by atoms with Crippen LogP contribution >= 0.6 is 24.0 Å². The van der Waals surface area contributed by atoms with Crippen molar-refractivity contribution in [3.05, 3.63) is 65.7 Å². The van der Waals surface area contributed by atoms with Crippen LogP contribution in [-0.4, -0.2) is 33.8 Å². The average Bonchev–Trinajstić information content (AvgIpc) is 2.72. The molecule has 2 aromatic carbocycles. The van der Waals surface area contributed by atoms with Gasteiger partial charge in [0.1, 0.15) is 5.75 Å². The highest BCUT2D eigenvalue weighted by molar-refractivity contribution is 14.0. The van der Waals surface area contributed by atoms with E-state index >= 15 is 0 Å². The Morgan fingerprint density at radius 1 is 1.07 bits per heavy atom. The van der Waals surface area contributed by atoms with E-state index in [2.05, 4.69) is 16.9 Å². The topological polar surface area (TPSA) is 78.1 Å². The van der Waals surface area contributed by atoms with Crippen LogP contribution in [0.2, 0.25) is 0 Å². The maximum atomic E-state index is 6.00. The van der Waals surface area contributed by atoms with E-state index in [1.807, 2.05) is 42.5 Å². The van der Waals surface area contributed by atoms with E-state index in [1.54, 1.807) is 21.3 Å². The lowest BCUT2D eigenvalue weighted by Crippen LogP contribution is -2.33. The highest BCUT2D eigenvalue weighted by Gasteiger charge is 2.11. The summed E-state index contributed by atoms with van der Waals surface area (Å²) in [5, 5.41) is 3.15. The molecule has 0 aromatic heterocycles. The van der Waals surface area contributed by atoms with Crippen LogP contribution in [0, 0.1) is 0 Å². The van der Waals surface area contributed by atoms with Gasteiger partial charge in [0.15, 0.2) is 17.5 Å². The summed E-state index contributed by atoms with van der Waals surface area (Å²) in [5.74, 6) is 2.66. The molecule has 0 aliphatic heterocycles. The van der Waals surface area contributed by atoms with Gasteiger partial charge in [0.05, 0.1) is 27.9 Å². The van der Waals surface area contributed by atoms with Gasteiger partial charge in [-0.15, -0.1) is 30.6 Å². The maximum Gasteiger partial charge on any atom is 0.188 e. The van der Waals surface area contributed by atoms with Crippen LogP contribution in [0.25, 0.3) is 0 Å². The summed E-state index contributed by atoms with van der Waals surface area (Å²) < 4.78 is 16.1. The zero-order valence-corrected chi connectivity index (χ0v) is 19.6. The van der Waals surface area contributed by atoms with Gasteiger partial charge in [-0.2, -0.15) is 0 Å². The monoisotopic (exact) mass is 511 g/mol. The second-order valence-electron chi connectivity index (χ2n) is 6.21. The third-order valence-electron chi connectivity index (χ3n) is 4.29. The minimum Gasteiger partial charge on any atom is -0.497 e. The van der Waals surface area contributed by atoms with Crippen LogP contribution in [0.15, 0.2) is 54.0 Å². The van der Waals surface area contributed by atoms with Crippen LogP contribution in [-0.2, 0) is 19.4 Å². The summed E-state index contributed by atoms with van der Waals surface area (Å²) in [6.07, 6.45) is 3.37. The van der Waals surface area contributed by atoms with Gasteiger partial charge in [0.25, 0.3) is 0 Å². The fourth-order valence-electron chi connectivity index (χ4n) is 2.86. The van der Waals surface area contributed by atoms with Gasteiger partial charge < -0.3 is 25.3 Å². The Labute approximate surface area is 190 Å². The summed E-state index contributed by atoms with van der Waals surface area (Å²) in [6.45, 7) is 4.95. The SMILES string of the molecule is C=CCc1cc(CN=C(N)NCCc2ccc(OC)cc2)cc(OC)c1OC.I. The predicted octanol–water partition coefficient (Wildman–Crippen LogP) is 3.71. The number of nitrogens with one attached hydrogen (secondary N) is 1. The highest BCUT2D eigenvalue weighted by Crippen LogP contribution is 2.33. The minimum atomic E-state index is 0.